The van der Waals surface area contributed by atoms with E-state index in [0.717, 1.165) is 22.5 Å². The van der Waals surface area contributed by atoms with Crippen LogP contribution in [0, 0.1) is 18.3 Å². The zero-order valence-corrected chi connectivity index (χ0v) is 19.5. The van der Waals surface area contributed by atoms with Gasteiger partial charge in [0.1, 0.15) is 0 Å². The first-order valence-corrected chi connectivity index (χ1v) is 10.8. The summed E-state index contributed by atoms with van der Waals surface area (Å²) >= 11 is 0. The van der Waals surface area contributed by atoms with Gasteiger partial charge in [0, 0.05) is 29.7 Å². The molecule has 0 unspecified atom stereocenters. The summed E-state index contributed by atoms with van der Waals surface area (Å²) in [5, 5.41) is 16.1. The Balaban J connectivity index is 1.59. The van der Waals surface area contributed by atoms with Crippen molar-refractivity contribution in [2.45, 2.75) is 26.2 Å². The first-order valence-electron chi connectivity index (χ1n) is 10.8. The quantitative estimate of drug-likeness (QED) is 0.443. The van der Waals surface area contributed by atoms with E-state index in [1.807, 2.05) is 51.1 Å². The Morgan fingerprint density at radius 1 is 1.06 bits per heavy atom. The van der Waals surface area contributed by atoms with E-state index >= 15 is 0 Å². The molecule has 0 spiro atoms. The molecule has 1 amide bonds. The van der Waals surface area contributed by atoms with E-state index in [4.69, 9.17) is 0 Å². The molecular formula is C27H25N5O2. The van der Waals surface area contributed by atoms with Crippen LogP contribution in [0.4, 0.5) is 17.1 Å². The third-order valence-electron chi connectivity index (χ3n) is 5.82. The molecular weight excluding hydrogens is 426 g/mol. The summed E-state index contributed by atoms with van der Waals surface area (Å²) in [6, 6.07) is 20.4. The van der Waals surface area contributed by atoms with Gasteiger partial charge in [0.15, 0.2) is 0 Å². The van der Waals surface area contributed by atoms with Crippen molar-refractivity contribution in [1.82, 2.24) is 9.55 Å². The van der Waals surface area contributed by atoms with Crippen LogP contribution in [0.3, 0.4) is 0 Å². The van der Waals surface area contributed by atoms with Crippen molar-refractivity contribution in [3.05, 3.63) is 94.0 Å². The molecule has 0 aliphatic heterocycles. The molecule has 1 heterocycles. The lowest BCUT2D eigenvalue weighted by Gasteiger charge is -2.17. The molecule has 4 aromatic rings. The van der Waals surface area contributed by atoms with Crippen molar-refractivity contribution in [3.63, 3.8) is 0 Å². The van der Waals surface area contributed by atoms with Crippen LogP contribution in [-0.4, -0.2) is 15.5 Å². The number of amides is 1. The molecule has 0 bridgehead atoms. The van der Waals surface area contributed by atoms with Gasteiger partial charge in [-0.2, -0.15) is 5.26 Å². The molecule has 4 rings (SSSR count). The molecule has 7 heteroatoms. The molecule has 0 atom stereocenters. The summed E-state index contributed by atoms with van der Waals surface area (Å²) in [5.41, 5.74) is 4.22. The third-order valence-corrected chi connectivity index (χ3v) is 5.82. The Morgan fingerprint density at radius 2 is 1.85 bits per heavy atom. The van der Waals surface area contributed by atoms with E-state index in [1.54, 1.807) is 37.4 Å². The maximum Gasteiger partial charge on any atom is 0.260 e. The van der Waals surface area contributed by atoms with Crippen LogP contribution in [0.1, 0.15) is 35.3 Å². The first kappa shape index (κ1) is 22.7. The Labute approximate surface area is 197 Å². The average Bonchev–Trinajstić information content (AvgIpc) is 2.83. The summed E-state index contributed by atoms with van der Waals surface area (Å²) < 4.78 is 1.44. The van der Waals surface area contributed by atoms with E-state index in [2.05, 4.69) is 21.7 Å². The van der Waals surface area contributed by atoms with Gasteiger partial charge in [0.2, 0.25) is 0 Å². The second-order valence-corrected chi connectivity index (χ2v) is 8.82. The first-order chi connectivity index (χ1) is 16.2. The number of anilines is 3. The van der Waals surface area contributed by atoms with Gasteiger partial charge in [-0.3, -0.25) is 9.59 Å². The Morgan fingerprint density at radius 3 is 2.62 bits per heavy atom. The molecule has 7 nitrogen and oxygen atoms in total. The van der Waals surface area contributed by atoms with E-state index < -0.39 is 5.41 Å². The molecule has 0 saturated heterocycles. The zero-order valence-electron chi connectivity index (χ0n) is 19.5. The van der Waals surface area contributed by atoms with Gasteiger partial charge < -0.3 is 15.2 Å². The second-order valence-electron chi connectivity index (χ2n) is 8.82. The van der Waals surface area contributed by atoms with Gasteiger partial charge in [0.25, 0.3) is 11.5 Å². The predicted molar refractivity (Wildman–Crippen MR) is 134 cm³/mol. The molecule has 3 aromatic carbocycles. The van der Waals surface area contributed by atoms with E-state index in [-0.39, 0.29) is 11.5 Å². The lowest BCUT2D eigenvalue weighted by atomic mass is 9.86. The largest absolute Gasteiger partial charge is 0.355 e. The highest BCUT2D eigenvalue weighted by atomic mass is 16.1. The van der Waals surface area contributed by atoms with Crippen molar-refractivity contribution in [2.24, 2.45) is 7.05 Å². The molecule has 34 heavy (non-hydrogen) atoms. The zero-order chi connectivity index (χ0) is 24.5. The van der Waals surface area contributed by atoms with Crippen LogP contribution in [0.2, 0.25) is 0 Å². The van der Waals surface area contributed by atoms with Gasteiger partial charge in [-0.25, -0.2) is 4.98 Å². The normalized spacial score (nSPS) is 11.1. The van der Waals surface area contributed by atoms with E-state index in [1.165, 1.54) is 10.9 Å². The van der Waals surface area contributed by atoms with Crippen molar-refractivity contribution < 1.29 is 4.79 Å². The van der Waals surface area contributed by atoms with Crippen LogP contribution >= 0.6 is 0 Å². The number of carbonyl (C=O) groups excluding carboxylic acids is 1. The van der Waals surface area contributed by atoms with Gasteiger partial charge in [-0.05, 0) is 74.4 Å². The predicted octanol–water partition coefficient (Wildman–Crippen LogP) is 5.04. The smallest absolute Gasteiger partial charge is 0.260 e. The minimum Gasteiger partial charge on any atom is -0.355 e. The highest BCUT2D eigenvalue weighted by molar-refractivity contribution is 6.05. The molecule has 0 saturated carbocycles. The monoisotopic (exact) mass is 451 g/mol. The minimum absolute atomic E-state index is 0.125. The number of hydrogen-bond acceptors (Lipinski definition) is 5. The topological polar surface area (TPSA) is 99.8 Å². The number of nitrogens with zero attached hydrogens (tertiary/aromatic N) is 3. The molecule has 0 radical (unpaired) electrons. The number of aryl methyl sites for hydroxylation is 2. The maximum absolute atomic E-state index is 13.0. The van der Waals surface area contributed by atoms with Gasteiger partial charge >= 0.3 is 0 Å². The number of nitrogens with one attached hydrogen (secondary N) is 2. The van der Waals surface area contributed by atoms with Crippen molar-refractivity contribution in [2.75, 3.05) is 10.6 Å². The van der Waals surface area contributed by atoms with Gasteiger partial charge in [-0.1, -0.05) is 18.2 Å². The lowest BCUT2D eigenvalue weighted by Crippen LogP contribution is -2.17. The SMILES string of the molecule is Cc1ccc(C(=O)Nc2cccc(C(C)(C)C#N)c2)cc1Nc1ccc2ncn(C)c(=O)c2c1. The summed E-state index contributed by atoms with van der Waals surface area (Å²) in [4.78, 5) is 29.7. The van der Waals surface area contributed by atoms with Crippen LogP contribution < -0.4 is 16.2 Å². The fraction of sp³-hybridized carbons (Fsp3) is 0.185. The van der Waals surface area contributed by atoms with Crippen LogP contribution in [-0.2, 0) is 12.5 Å². The standard InChI is InChI=1S/C27H25N5O2/c1-17-8-9-18(25(33)31-20-7-5-6-19(13-20)27(2,3)15-28)12-24(17)30-21-10-11-23-22(14-21)26(34)32(4)16-29-23/h5-14,16,30H,1-4H3,(H,31,33). The molecule has 0 aliphatic carbocycles. The summed E-state index contributed by atoms with van der Waals surface area (Å²) in [7, 11) is 1.66. The Hall–Kier alpha value is -4.44. The van der Waals surface area contributed by atoms with Crippen molar-refractivity contribution >= 4 is 33.9 Å². The van der Waals surface area contributed by atoms with Gasteiger partial charge in [0.05, 0.1) is 28.7 Å². The number of aromatic nitrogens is 2. The number of benzene rings is 3. The average molecular weight is 452 g/mol. The van der Waals surface area contributed by atoms with E-state index in [0.29, 0.717) is 22.2 Å². The Kier molecular flexibility index (Phi) is 5.91. The molecule has 0 fully saturated rings. The van der Waals surface area contributed by atoms with Crippen LogP contribution in [0.25, 0.3) is 10.9 Å². The van der Waals surface area contributed by atoms with Crippen molar-refractivity contribution in [1.29, 1.82) is 5.26 Å². The van der Waals surface area contributed by atoms with Crippen LogP contribution in [0.5, 0.6) is 0 Å². The lowest BCUT2D eigenvalue weighted by molar-refractivity contribution is 0.102. The van der Waals surface area contributed by atoms with E-state index in [9.17, 15) is 14.9 Å². The minimum atomic E-state index is -0.655. The molecule has 170 valence electrons. The van der Waals surface area contributed by atoms with Crippen molar-refractivity contribution in [3.8, 4) is 6.07 Å². The highest BCUT2D eigenvalue weighted by Crippen LogP contribution is 2.26. The fourth-order valence-electron chi connectivity index (χ4n) is 3.60. The second kappa shape index (κ2) is 8.83. The molecule has 1 aromatic heterocycles. The summed E-state index contributed by atoms with van der Waals surface area (Å²) in [6.07, 6.45) is 1.50. The third kappa shape index (κ3) is 4.52. The molecule has 0 aliphatic rings. The number of carbonyl (C=O) groups is 1. The number of fused-ring (bicyclic) bond motifs is 1. The van der Waals surface area contributed by atoms with Gasteiger partial charge in [-0.15, -0.1) is 0 Å². The number of rotatable bonds is 5. The highest BCUT2D eigenvalue weighted by Gasteiger charge is 2.20. The fourth-order valence-corrected chi connectivity index (χ4v) is 3.60. The van der Waals surface area contributed by atoms with Crippen LogP contribution in [0.15, 0.2) is 71.8 Å². The Bertz CT molecular complexity index is 1510. The maximum atomic E-state index is 13.0. The number of nitriles is 1. The summed E-state index contributed by atoms with van der Waals surface area (Å²) in [5.74, 6) is -0.258. The summed E-state index contributed by atoms with van der Waals surface area (Å²) in [6.45, 7) is 5.62. The molecule has 2 N–H and O–H groups in total. The number of hydrogen-bond donors (Lipinski definition) is 2.